The highest BCUT2D eigenvalue weighted by Crippen LogP contribution is 2.52. The molecule has 1 N–H and O–H groups in total. The van der Waals surface area contributed by atoms with Gasteiger partial charge in [-0.25, -0.2) is 0 Å². The van der Waals surface area contributed by atoms with Crippen LogP contribution in [0.25, 0.3) is 0 Å². The van der Waals surface area contributed by atoms with Gasteiger partial charge in [0.05, 0.1) is 12.7 Å². The number of methoxy groups -OCH3 is 1. The van der Waals surface area contributed by atoms with Crippen molar-refractivity contribution in [2.24, 2.45) is 11.3 Å². The standard InChI is InChI=1S/C11H21NO3/c1-11(2)5-9(11)10(14)12(3)6-8(13)7-15-4/h8-9,13H,5-7H2,1-4H3/t8?,9-/m1/s1. The smallest absolute Gasteiger partial charge is 0.226 e. The van der Waals surface area contributed by atoms with E-state index in [0.29, 0.717) is 6.54 Å². The number of likely N-dealkylation sites (N-methyl/N-ethyl adjacent to an activating group) is 1. The van der Waals surface area contributed by atoms with Gasteiger partial charge in [0.25, 0.3) is 0 Å². The molecule has 0 aromatic carbocycles. The molecule has 1 unspecified atom stereocenters. The summed E-state index contributed by atoms with van der Waals surface area (Å²) in [7, 11) is 3.27. The summed E-state index contributed by atoms with van der Waals surface area (Å²) in [5.74, 6) is 0.271. The third-order valence-electron chi connectivity index (χ3n) is 3.03. The lowest BCUT2D eigenvalue weighted by Gasteiger charge is -2.21. The lowest BCUT2D eigenvalue weighted by molar-refractivity contribution is -0.133. The van der Waals surface area contributed by atoms with Gasteiger partial charge in [-0.05, 0) is 11.8 Å². The Balaban J connectivity index is 2.34. The van der Waals surface area contributed by atoms with Gasteiger partial charge in [-0.15, -0.1) is 0 Å². The van der Waals surface area contributed by atoms with Crippen LogP contribution in [0.2, 0.25) is 0 Å². The highest BCUT2D eigenvalue weighted by atomic mass is 16.5. The molecule has 0 bridgehead atoms. The monoisotopic (exact) mass is 215 g/mol. The molecule has 0 radical (unpaired) electrons. The van der Waals surface area contributed by atoms with E-state index < -0.39 is 6.10 Å². The number of hydrogen-bond donors (Lipinski definition) is 1. The number of aliphatic hydroxyl groups excluding tert-OH is 1. The molecule has 0 saturated heterocycles. The van der Waals surface area contributed by atoms with Gasteiger partial charge >= 0.3 is 0 Å². The molecule has 0 spiro atoms. The molecule has 1 saturated carbocycles. The minimum Gasteiger partial charge on any atom is -0.389 e. The Labute approximate surface area is 91.2 Å². The summed E-state index contributed by atoms with van der Waals surface area (Å²) in [6.07, 6.45) is 0.363. The van der Waals surface area contributed by atoms with Crippen molar-refractivity contribution in [1.82, 2.24) is 4.90 Å². The molecule has 0 aliphatic heterocycles. The Hall–Kier alpha value is -0.610. The summed E-state index contributed by atoms with van der Waals surface area (Å²) in [5.41, 5.74) is 0.150. The molecule has 88 valence electrons. The third kappa shape index (κ3) is 3.18. The molecule has 4 nitrogen and oxygen atoms in total. The number of carbonyl (C=O) groups excluding carboxylic acids is 1. The highest BCUT2D eigenvalue weighted by molar-refractivity contribution is 5.82. The van der Waals surface area contributed by atoms with Crippen LogP contribution in [-0.4, -0.2) is 49.3 Å². The van der Waals surface area contributed by atoms with Crippen molar-refractivity contribution in [1.29, 1.82) is 0 Å². The van der Waals surface area contributed by atoms with Crippen molar-refractivity contribution in [3.8, 4) is 0 Å². The predicted molar refractivity (Wildman–Crippen MR) is 57.4 cm³/mol. The van der Waals surface area contributed by atoms with Crippen molar-refractivity contribution in [3.63, 3.8) is 0 Å². The maximum absolute atomic E-state index is 11.8. The van der Waals surface area contributed by atoms with Crippen molar-refractivity contribution >= 4 is 5.91 Å². The zero-order valence-electron chi connectivity index (χ0n) is 9.99. The zero-order valence-corrected chi connectivity index (χ0v) is 9.99. The van der Waals surface area contributed by atoms with E-state index in [0.717, 1.165) is 6.42 Å². The van der Waals surface area contributed by atoms with Crippen molar-refractivity contribution < 1.29 is 14.6 Å². The minimum absolute atomic E-state index is 0.134. The molecular formula is C11H21NO3. The third-order valence-corrected chi connectivity index (χ3v) is 3.03. The fraction of sp³-hybridized carbons (Fsp3) is 0.909. The van der Waals surface area contributed by atoms with Gasteiger partial charge in [0.15, 0.2) is 0 Å². The summed E-state index contributed by atoms with van der Waals surface area (Å²) in [6.45, 7) is 4.80. The van der Waals surface area contributed by atoms with Crippen LogP contribution in [-0.2, 0) is 9.53 Å². The summed E-state index contributed by atoms with van der Waals surface area (Å²) in [5, 5.41) is 9.48. The van der Waals surface area contributed by atoms with E-state index in [9.17, 15) is 9.90 Å². The summed E-state index contributed by atoms with van der Waals surface area (Å²) in [6, 6.07) is 0. The molecule has 0 aromatic rings. The van der Waals surface area contributed by atoms with E-state index >= 15 is 0 Å². The second-order valence-electron chi connectivity index (χ2n) is 5.07. The Kier molecular flexibility index (Phi) is 3.73. The first-order chi connectivity index (χ1) is 6.88. The van der Waals surface area contributed by atoms with Crippen molar-refractivity contribution in [2.75, 3.05) is 27.3 Å². The molecule has 1 aliphatic rings. The van der Waals surface area contributed by atoms with Crippen LogP contribution in [0.15, 0.2) is 0 Å². The van der Waals surface area contributed by atoms with Crippen LogP contribution in [0.1, 0.15) is 20.3 Å². The van der Waals surface area contributed by atoms with E-state index in [2.05, 4.69) is 13.8 Å². The second-order valence-corrected chi connectivity index (χ2v) is 5.07. The van der Waals surface area contributed by atoms with Gasteiger partial charge < -0.3 is 14.7 Å². The van der Waals surface area contributed by atoms with Gasteiger partial charge in [-0.1, -0.05) is 13.8 Å². The molecule has 0 aromatic heterocycles. The van der Waals surface area contributed by atoms with Crippen LogP contribution in [0, 0.1) is 11.3 Å². The quantitative estimate of drug-likeness (QED) is 0.726. The minimum atomic E-state index is -0.592. The average Bonchev–Trinajstić information content (AvgIpc) is 2.74. The Morgan fingerprint density at radius 1 is 1.67 bits per heavy atom. The fourth-order valence-corrected chi connectivity index (χ4v) is 1.81. The predicted octanol–water partition coefficient (Wildman–Crippen LogP) is 0.498. The highest BCUT2D eigenvalue weighted by Gasteiger charge is 2.51. The molecule has 1 rings (SSSR count). The largest absolute Gasteiger partial charge is 0.389 e. The van der Waals surface area contributed by atoms with Gasteiger partial charge in [0.1, 0.15) is 0 Å². The van der Waals surface area contributed by atoms with E-state index in [1.807, 2.05) is 0 Å². The summed E-state index contributed by atoms with van der Waals surface area (Å²) < 4.78 is 4.81. The van der Waals surface area contributed by atoms with Crippen molar-refractivity contribution in [3.05, 3.63) is 0 Å². The number of aliphatic hydroxyl groups is 1. The zero-order chi connectivity index (χ0) is 11.6. The van der Waals surface area contributed by atoms with Crippen LogP contribution in [0.3, 0.4) is 0 Å². The van der Waals surface area contributed by atoms with Crippen LogP contribution >= 0.6 is 0 Å². The molecule has 15 heavy (non-hydrogen) atoms. The van der Waals surface area contributed by atoms with E-state index in [1.165, 1.54) is 7.11 Å². The molecule has 1 fully saturated rings. The maximum Gasteiger partial charge on any atom is 0.226 e. The van der Waals surface area contributed by atoms with E-state index in [1.54, 1.807) is 11.9 Å². The number of rotatable bonds is 5. The first kappa shape index (κ1) is 12.5. The number of carbonyl (C=O) groups is 1. The fourth-order valence-electron chi connectivity index (χ4n) is 1.81. The lowest BCUT2D eigenvalue weighted by atomic mass is 10.1. The topological polar surface area (TPSA) is 49.8 Å². The Morgan fingerprint density at radius 3 is 2.60 bits per heavy atom. The average molecular weight is 215 g/mol. The van der Waals surface area contributed by atoms with Gasteiger partial charge in [-0.2, -0.15) is 0 Å². The maximum atomic E-state index is 11.8. The van der Waals surface area contributed by atoms with Gasteiger partial charge in [0, 0.05) is 26.6 Å². The summed E-state index contributed by atoms with van der Waals surface area (Å²) in [4.78, 5) is 13.4. The number of amides is 1. The van der Waals surface area contributed by atoms with Gasteiger partial charge in [0.2, 0.25) is 5.91 Å². The van der Waals surface area contributed by atoms with Crippen molar-refractivity contribution in [2.45, 2.75) is 26.4 Å². The summed E-state index contributed by atoms with van der Waals surface area (Å²) >= 11 is 0. The molecule has 2 atom stereocenters. The Morgan fingerprint density at radius 2 is 2.20 bits per heavy atom. The first-order valence-corrected chi connectivity index (χ1v) is 5.30. The Bertz CT molecular complexity index is 240. The number of hydrogen-bond acceptors (Lipinski definition) is 3. The van der Waals surface area contributed by atoms with E-state index in [4.69, 9.17) is 4.74 Å². The first-order valence-electron chi connectivity index (χ1n) is 5.30. The lowest BCUT2D eigenvalue weighted by Crippen LogP contribution is -2.37. The molecular weight excluding hydrogens is 194 g/mol. The normalized spacial score (nSPS) is 24.7. The van der Waals surface area contributed by atoms with Crippen LogP contribution < -0.4 is 0 Å². The molecule has 0 heterocycles. The molecule has 1 amide bonds. The number of ether oxygens (including phenoxy) is 1. The number of nitrogens with zero attached hydrogens (tertiary/aromatic N) is 1. The molecule has 4 heteroatoms. The molecule has 1 aliphatic carbocycles. The second kappa shape index (κ2) is 4.49. The van der Waals surface area contributed by atoms with E-state index in [-0.39, 0.29) is 23.8 Å². The van der Waals surface area contributed by atoms with Crippen LogP contribution in [0.4, 0.5) is 0 Å². The SMILES string of the molecule is COCC(O)CN(C)C(=O)[C@H]1CC1(C)C. The van der Waals surface area contributed by atoms with Gasteiger partial charge in [-0.3, -0.25) is 4.79 Å². The van der Waals surface area contributed by atoms with Crippen LogP contribution in [0.5, 0.6) is 0 Å².